The average Bonchev–Trinajstić information content (AvgIpc) is 2.67. The van der Waals surface area contributed by atoms with E-state index in [4.69, 9.17) is 0 Å². The summed E-state index contributed by atoms with van der Waals surface area (Å²) < 4.78 is 13.1. The van der Waals surface area contributed by atoms with E-state index in [2.05, 4.69) is 10.6 Å². The highest BCUT2D eigenvalue weighted by Crippen LogP contribution is 2.16. The number of hydrogen-bond donors (Lipinski definition) is 2. The number of carbonyl (C=O) groups excluding carboxylic acids is 1. The van der Waals surface area contributed by atoms with Gasteiger partial charge in [-0.2, -0.15) is 0 Å². The summed E-state index contributed by atoms with van der Waals surface area (Å²) in [6.07, 6.45) is 1.54. The van der Waals surface area contributed by atoms with Crippen LogP contribution in [0.1, 0.15) is 18.4 Å². The Morgan fingerprint density at radius 2 is 2.35 bits per heavy atom. The molecule has 0 bridgehead atoms. The van der Waals surface area contributed by atoms with Gasteiger partial charge in [-0.05, 0) is 56.1 Å². The van der Waals surface area contributed by atoms with Crippen molar-refractivity contribution in [3.05, 3.63) is 29.6 Å². The van der Waals surface area contributed by atoms with Crippen LogP contribution in [-0.2, 0) is 4.79 Å². The Hall–Kier alpha value is -1.42. The van der Waals surface area contributed by atoms with Crippen LogP contribution in [0.5, 0.6) is 0 Å². The van der Waals surface area contributed by atoms with Crippen LogP contribution >= 0.6 is 0 Å². The first kappa shape index (κ1) is 12.0. The summed E-state index contributed by atoms with van der Waals surface area (Å²) in [7, 11) is 0. The predicted octanol–water partition coefficient (Wildman–Crippen LogP) is 2.07. The third-order valence-corrected chi connectivity index (χ3v) is 2.96. The van der Waals surface area contributed by atoms with Gasteiger partial charge in [0.05, 0.1) is 0 Å². The maximum Gasteiger partial charge on any atom is 0.224 e. The molecule has 17 heavy (non-hydrogen) atoms. The molecule has 1 atom stereocenters. The Labute approximate surface area is 100 Å². The maximum absolute atomic E-state index is 13.1. The van der Waals surface area contributed by atoms with Crippen molar-refractivity contribution in [3.63, 3.8) is 0 Å². The second-order valence-corrected chi connectivity index (χ2v) is 4.63. The number of aryl methyl sites for hydroxylation is 1. The van der Waals surface area contributed by atoms with E-state index in [9.17, 15) is 9.18 Å². The molecular formula is C13H17FN2O. The summed E-state index contributed by atoms with van der Waals surface area (Å²) in [6, 6.07) is 4.56. The van der Waals surface area contributed by atoms with E-state index in [0.717, 1.165) is 25.1 Å². The number of nitrogens with one attached hydrogen (secondary N) is 2. The summed E-state index contributed by atoms with van der Waals surface area (Å²) in [6.45, 7) is 3.69. The lowest BCUT2D eigenvalue weighted by Crippen LogP contribution is -2.18. The Balaban J connectivity index is 1.92. The fourth-order valence-corrected chi connectivity index (χ4v) is 2.17. The molecule has 1 unspecified atom stereocenters. The third-order valence-electron chi connectivity index (χ3n) is 2.96. The molecule has 0 radical (unpaired) electrons. The fourth-order valence-electron chi connectivity index (χ4n) is 2.17. The van der Waals surface area contributed by atoms with Crippen molar-refractivity contribution in [3.8, 4) is 0 Å². The van der Waals surface area contributed by atoms with Crippen LogP contribution in [0.4, 0.5) is 10.1 Å². The van der Waals surface area contributed by atoms with Crippen molar-refractivity contribution in [2.45, 2.75) is 19.8 Å². The van der Waals surface area contributed by atoms with Gasteiger partial charge in [0.2, 0.25) is 5.91 Å². The van der Waals surface area contributed by atoms with Crippen molar-refractivity contribution in [2.75, 3.05) is 18.4 Å². The molecule has 1 aromatic carbocycles. The molecule has 1 amide bonds. The summed E-state index contributed by atoms with van der Waals surface area (Å²) in [5.41, 5.74) is 1.35. The van der Waals surface area contributed by atoms with Gasteiger partial charge in [0, 0.05) is 12.1 Å². The molecule has 1 saturated heterocycles. The van der Waals surface area contributed by atoms with Gasteiger partial charge in [-0.1, -0.05) is 0 Å². The number of amides is 1. The molecule has 1 fully saturated rings. The molecule has 2 N–H and O–H groups in total. The van der Waals surface area contributed by atoms with Crippen LogP contribution in [0, 0.1) is 18.7 Å². The highest BCUT2D eigenvalue weighted by atomic mass is 19.1. The molecule has 1 aliphatic rings. The molecule has 0 aliphatic carbocycles. The summed E-state index contributed by atoms with van der Waals surface area (Å²) in [4.78, 5) is 11.7. The van der Waals surface area contributed by atoms with Gasteiger partial charge < -0.3 is 10.6 Å². The van der Waals surface area contributed by atoms with Crippen molar-refractivity contribution in [1.29, 1.82) is 0 Å². The van der Waals surface area contributed by atoms with E-state index >= 15 is 0 Å². The van der Waals surface area contributed by atoms with Gasteiger partial charge in [-0.15, -0.1) is 0 Å². The first-order chi connectivity index (χ1) is 8.13. The largest absolute Gasteiger partial charge is 0.326 e. The van der Waals surface area contributed by atoms with Crippen molar-refractivity contribution < 1.29 is 9.18 Å². The quantitative estimate of drug-likeness (QED) is 0.843. The first-order valence-electron chi connectivity index (χ1n) is 5.91. The number of halogens is 1. The Morgan fingerprint density at radius 1 is 1.53 bits per heavy atom. The summed E-state index contributed by atoms with van der Waals surface area (Å²) in [5, 5.41) is 5.96. The minimum absolute atomic E-state index is 0.0382. The van der Waals surface area contributed by atoms with E-state index in [-0.39, 0.29) is 11.7 Å². The van der Waals surface area contributed by atoms with E-state index in [0.29, 0.717) is 18.0 Å². The van der Waals surface area contributed by atoms with Gasteiger partial charge >= 0.3 is 0 Å². The molecule has 0 aromatic heterocycles. The topological polar surface area (TPSA) is 41.1 Å². The summed E-state index contributed by atoms with van der Waals surface area (Å²) >= 11 is 0. The lowest BCUT2D eigenvalue weighted by Gasteiger charge is -2.09. The van der Waals surface area contributed by atoms with Crippen LogP contribution in [0.3, 0.4) is 0 Å². The van der Waals surface area contributed by atoms with Crippen LogP contribution in [0.15, 0.2) is 18.2 Å². The first-order valence-corrected chi connectivity index (χ1v) is 5.91. The molecular weight excluding hydrogens is 219 g/mol. The molecule has 1 heterocycles. The molecule has 1 aromatic rings. The standard InChI is InChI=1S/C13H17FN2O/c1-9-4-11(14)7-12(5-9)16-13(17)6-10-2-3-15-8-10/h4-5,7,10,15H,2-3,6,8H2,1H3,(H,16,17). The van der Waals surface area contributed by atoms with E-state index < -0.39 is 0 Å². The van der Waals surface area contributed by atoms with Gasteiger partial charge in [-0.25, -0.2) is 4.39 Å². The normalized spacial score (nSPS) is 19.3. The second-order valence-electron chi connectivity index (χ2n) is 4.63. The van der Waals surface area contributed by atoms with E-state index in [1.54, 1.807) is 13.0 Å². The third kappa shape index (κ3) is 3.53. The van der Waals surface area contributed by atoms with E-state index in [1.807, 2.05) is 0 Å². The minimum atomic E-state index is -0.317. The highest BCUT2D eigenvalue weighted by molar-refractivity contribution is 5.90. The smallest absolute Gasteiger partial charge is 0.224 e. The molecule has 3 nitrogen and oxygen atoms in total. The van der Waals surface area contributed by atoms with Crippen LogP contribution < -0.4 is 10.6 Å². The maximum atomic E-state index is 13.1. The lowest BCUT2D eigenvalue weighted by molar-refractivity contribution is -0.116. The zero-order valence-electron chi connectivity index (χ0n) is 9.92. The van der Waals surface area contributed by atoms with Gasteiger partial charge in [0.25, 0.3) is 0 Å². The number of rotatable bonds is 3. The lowest BCUT2D eigenvalue weighted by atomic mass is 10.0. The van der Waals surface area contributed by atoms with Gasteiger partial charge in [-0.3, -0.25) is 4.79 Å². The number of hydrogen-bond acceptors (Lipinski definition) is 2. The second kappa shape index (κ2) is 5.27. The zero-order valence-corrected chi connectivity index (χ0v) is 9.92. The molecule has 92 valence electrons. The minimum Gasteiger partial charge on any atom is -0.326 e. The monoisotopic (exact) mass is 236 g/mol. The predicted molar refractivity (Wildman–Crippen MR) is 65.4 cm³/mol. The van der Waals surface area contributed by atoms with Gasteiger partial charge in [0.1, 0.15) is 5.82 Å². The fraction of sp³-hybridized carbons (Fsp3) is 0.462. The molecule has 0 saturated carbocycles. The molecule has 2 rings (SSSR count). The number of benzene rings is 1. The molecule has 1 aliphatic heterocycles. The van der Waals surface area contributed by atoms with Crippen LogP contribution in [0.2, 0.25) is 0 Å². The van der Waals surface area contributed by atoms with Gasteiger partial charge in [0.15, 0.2) is 0 Å². The zero-order chi connectivity index (χ0) is 12.3. The van der Waals surface area contributed by atoms with E-state index in [1.165, 1.54) is 12.1 Å². The Bertz CT molecular complexity index is 394. The summed E-state index contributed by atoms with van der Waals surface area (Å²) in [5.74, 6) is 0.0520. The SMILES string of the molecule is Cc1cc(F)cc(NC(=O)CC2CCNC2)c1. The van der Waals surface area contributed by atoms with Crippen LogP contribution in [0.25, 0.3) is 0 Å². The molecule has 0 spiro atoms. The Kier molecular flexibility index (Phi) is 3.74. The molecule has 4 heteroatoms. The highest BCUT2D eigenvalue weighted by Gasteiger charge is 2.18. The van der Waals surface area contributed by atoms with Crippen LogP contribution in [-0.4, -0.2) is 19.0 Å². The van der Waals surface area contributed by atoms with Crippen molar-refractivity contribution in [2.24, 2.45) is 5.92 Å². The van der Waals surface area contributed by atoms with Crippen molar-refractivity contribution >= 4 is 11.6 Å². The average molecular weight is 236 g/mol. The number of anilines is 1. The van der Waals surface area contributed by atoms with Crippen molar-refractivity contribution in [1.82, 2.24) is 5.32 Å². The number of carbonyl (C=O) groups is 1. The Morgan fingerprint density at radius 3 is 3.00 bits per heavy atom.